The van der Waals surface area contributed by atoms with E-state index in [0.29, 0.717) is 43.8 Å². The summed E-state index contributed by atoms with van der Waals surface area (Å²) in [4.78, 5) is 50.7. The number of piperidine rings is 1. The SMILES string of the molecule is CCOC(=O)C1CCN(C(=O)CCC2NC(=O)c3ccccc3NC2=O)CC1. The number of hydrogen-bond donors (Lipinski definition) is 2. The van der Waals surface area contributed by atoms with Crippen molar-refractivity contribution in [2.24, 2.45) is 5.92 Å². The molecule has 0 spiro atoms. The molecule has 28 heavy (non-hydrogen) atoms. The Hall–Kier alpha value is -2.90. The van der Waals surface area contributed by atoms with E-state index < -0.39 is 6.04 Å². The average Bonchev–Trinajstić information content (AvgIpc) is 2.82. The highest BCUT2D eigenvalue weighted by Crippen LogP contribution is 2.21. The van der Waals surface area contributed by atoms with Gasteiger partial charge in [-0.25, -0.2) is 0 Å². The van der Waals surface area contributed by atoms with E-state index in [1.54, 1.807) is 36.1 Å². The number of nitrogens with one attached hydrogen (secondary N) is 2. The maximum Gasteiger partial charge on any atom is 0.309 e. The lowest BCUT2D eigenvalue weighted by atomic mass is 9.96. The molecule has 2 aliphatic rings. The molecular formula is C20H25N3O5. The van der Waals surface area contributed by atoms with Crippen LogP contribution in [-0.4, -0.2) is 54.3 Å². The Morgan fingerprint density at radius 3 is 2.61 bits per heavy atom. The number of likely N-dealkylation sites (tertiary alicyclic amines) is 1. The van der Waals surface area contributed by atoms with E-state index in [0.717, 1.165) is 0 Å². The third-order valence-corrected chi connectivity index (χ3v) is 5.17. The number of carbonyl (C=O) groups excluding carboxylic acids is 4. The van der Waals surface area contributed by atoms with Crippen LogP contribution in [-0.2, 0) is 19.1 Å². The molecule has 1 fully saturated rings. The molecule has 2 heterocycles. The van der Waals surface area contributed by atoms with E-state index in [1.807, 2.05) is 0 Å². The van der Waals surface area contributed by atoms with Crippen LogP contribution in [0.25, 0.3) is 0 Å². The molecule has 2 N–H and O–H groups in total. The second-order valence-electron chi connectivity index (χ2n) is 7.01. The van der Waals surface area contributed by atoms with Crippen molar-refractivity contribution >= 4 is 29.4 Å². The van der Waals surface area contributed by atoms with Gasteiger partial charge >= 0.3 is 5.97 Å². The number of ether oxygens (including phenoxy) is 1. The molecule has 8 nitrogen and oxygen atoms in total. The average molecular weight is 387 g/mol. The summed E-state index contributed by atoms with van der Waals surface area (Å²) in [5, 5.41) is 5.43. The Balaban J connectivity index is 1.51. The first-order chi connectivity index (χ1) is 13.5. The summed E-state index contributed by atoms with van der Waals surface area (Å²) >= 11 is 0. The van der Waals surface area contributed by atoms with Gasteiger partial charge in [-0.1, -0.05) is 12.1 Å². The summed E-state index contributed by atoms with van der Waals surface area (Å²) in [5.74, 6) is -1.10. The van der Waals surface area contributed by atoms with E-state index in [-0.39, 0.29) is 42.5 Å². The number of nitrogens with zero attached hydrogens (tertiary/aromatic N) is 1. The van der Waals surface area contributed by atoms with Crippen LogP contribution in [0.3, 0.4) is 0 Å². The Morgan fingerprint density at radius 2 is 1.89 bits per heavy atom. The van der Waals surface area contributed by atoms with Gasteiger partial charge in [0.1, 0.15) is 6.04 Å². The molecule has 1 saturated heterocycles. The monoisotopic (exact) mass is 387 g/mol. The van der Waals surface area contributed by atoms with Crippen LogP contribution >= 0.6 is 0 Å². The number of anilines is 1. The zero-order valence-corrected chi connectivity index (χ0v) is 15.9. The number of benzene rings is 1. The van der Waals surface area contributed by atoms with Crippen LogP contribution in [0.1, 0.15) is 43.0 Å². The van der Waals surface area contributed by atoms with Gasteiger partial charge in [0.25, 0.3) is 5.91 Å². The van der Waals surface area contributed by atoms with Crippen molar-refractivity contribution in [3.05, 3.63) is 29.8 Å². The van der Waals surface area contributed by atoms with Crippen molar-refractivity contribution in [3.8, 4) is 0 Å². The van der Waals surface area contributed by atoms with Gasteiger partial charge in [0.15, 0.2) is 0 Å². The lowest BCUT2D eigenvalue weighted by molar-refractivity contribution is -0.151. The Labute approximate surface area is 163 Å². The predicted molar refractivity (Wildman–Crippen MR) is 101 cm³/mol. The number of carbonyl (C=O) groups is 4. The minimum atomic E-state index is -0.763. The number of rotatable bonds is 5. The summed E-state index contributed by atoms with van der Waals surface area (Å²) in [6.45, 7) is 3.13. The Kier molecular flexibility index (Phi) is 6.28. The zero-order chi connectivity index (χ0) is 20.1. The molecule has 3 amide bonds. The van der Waals surface area contributed by atoms with Crippen LogP contribution in [0, 0.1) is 5.92 Å². The molecule has 0 radical (unpaired) electrons. The maximum absolute atomic E-state index is 12.5. The standard InChI is InChI=1S/C20H25N3O5/c1-2-28-20(27)13-9-11-23(12-10-13)17(24)8-7-16-19(26)21-15-6-4-3-5-14(15)18(25)22-16/h3-6,13,16H,2,7-12H2,1H3,(H,21,26)(H,22,25). The smallest absolute Gasteiger partial charge is 0.309 e. The van der Waals surface area contributed by atoms with Crippen LogP contribution in [0.4, 0.5) is 5.69 Å². The van der Waals surface area contributed by atoms with Gasteiger partial charge < -0.3 is 20.3 Å². The number of fused-ring (bicyclic) bond motifs is 1. The van der Waals surface area contributed by atoms with E-state index >= 15 is 0 Å². The maximum atomic E-state index is 12.5. The zero-order valence-electron chi connectivity index (χ0n) is 15.9. The molecular weight excluding hydrogens is 362 g/mol. The van der Waals surface area contributed by atoms with E-state index in [4.69, 9.17) is 4.74 Å². The second kappa shape index (κ2) is 8.86. The third-order valence-electron chi connectivity index (χ3n) is 5.17. The van der Waals surface area contributed by atoms with Gasteiger partial charge in [0.2, 0.25) is 11.8 Å². The minimum Gasteiger partial charge on any atom is -0.466 e. The number of para-hydroxylation sites is 1. The Bertz CT molecular complexity index is 771. The summed E-state index contributed by atoms with van der Waals surface area (Å²) in [5.41, 5.74) is 0.880. The molecule has 0 aromatic heterocycles. The van der Waals surface area contributed by atoms with Gasteiger partial charge in [-0.3, -0.25) is 19.2 Å². The number of hydrogen-bond acceptors (Lipinski definition) is 5. The quantitative estimate of drug-likeness (QED) is 0.742. The van der Waals surface area contributed by atoms with Crippen molar-refractivity contribution in [2.45, 2.75) is 38.6 Å². The molecule has 8 heteroatoms. The van der Waals surface area contributed by atoms with Crippen molar-refractivity contribution in [1.29, 1.82) is 0 Å². The second-order valence-corrected chi connectivity index (χ2v) is 7.01. The van der Waals surface area contributed by atoms with E-state index in [1.165, 1.54) is 0 Å². The highest BCUT2D eigenvalue weighted by molar-refractivity contribution is 6.09. The minimum absolute atomic E-state index is 0.0777. The number of esters is 1. The highest BCUT2D eigenvalue weighted by atomic mass is 16.5. The highest BCUT2D eigenvalue weighted by Gasteiger charge is 2.31. The Morgan fingerprint density at radius 1 is 1.18 bits per heavy atom. The molecule has 150 valence electrons. The fourth-order valence-electron chi connectivity index (χ4n) is 3.57. The molecule has 0 aliphatic carbocycles. The van der Waals surface area contributed by atoms with Gasteiger partial charge in [-0.2, -0.15) is 0 Å². The van der Waals surface area contributed by atoms with Gasteiger partial charge in [-0.15, -0.1) is 0 Å². The summed E-state index contributed by atoms with van der Waals surface area (Å²) in [6.07, 6.45) is 1.54. The first-order valence-corrected chi connectivity index (χ1v) is 9.64. The third kappa shape index (κ3) is 4.49. The van der Waals surface area contributed by atoms with E-state index in [9.17, 15) is 19.2 Å². The lowest BCUT2D eigenvalue weighted by Gasteiger charge is -2.31. The fraction of sp³-hybridized carbons (Fsp3) is 0.500. The molecule has 0 bridgehead atoms. The lowest BCUT2D eigenvalue weighted by Crippen LogP contribution is -2.44. The first-order valence-electron chi connectivity index (χ1n) is 9.64. The largest absolute Gasteiger partial charge is 0.466 e. The topological polar surface area (TPSA) is 105 Å². The van der Waals surface area contributed by atoms with E-state index in [2.05, 4.69) is 10.6 Å². The summed E-state index contributed by atoms with van der Waals surface area (Å²) in [7, 11) is 0. The van der Waals surface area contributed by atoms with Crippen LogP contribution in [0.15, 0.2) is 24.3 Å². The number of amides is 3. The summed E-state index contributed by atoms with van der Waals surface area (Å²) in [6, 6.07) is 6.03. The van der Waals surface area contributed by atoms with Crippen molar-refractivity contribution in [1.82, 2.24) is 10.2 Å². The molecule has 1 aromatic rings. The van der Waals surface area contributed by atoms with Crippen LogP contribution < -0.4 is 10.6 Å². The van der Waals surface area contributed by atoms with Crippen molar-refractivity contribution in [2.75, 3.05) is 25.0 Å². The van der Waals surface area contributed by atoms with Gasteiger partial charge in [0.05, 0.1) is 23.8 Å². The normalized spacial score (nSPS) is 19.9. The molecule has 1 unspecified atom stereocenters. The predicted octanol–water partition coefficient (Wildman–Crippen LogP) is 1.32. The molecule has 0 saturated carbocycles. The van der Waals surface area contributed by atoms with Crippen molar-refractivity contribution in [3.63, 3.8) is 0 Å². The molecule has 1 atom stereocenters. The molecule has 1 aromatic carbocycles. The molecule has 3 rings (SSSR count). The summed E-state index contributed by atoms with van der Waals surface area (Å²) < 4.78 is 5.04. The van der Waals surface area contributed by atoms with Gasteiger partial charge in [0, 0.05) is 19.5 Å². The fourth-order valence-corrected chi connectivity index (χ4v) is 3.57. The van der Waals surface area contributed by atoms with Crippen molar-refractivity contribution < 1.29 is 23.9 Å². The van der Waals surface area contributed by atoms with Gasteiger partial charge in [-0.05, 0) is 38.3 Å². The molecule has 2 aliphatic heterocycles. The van der Waals surface area contributed by atoms with Crippen LogP contribution in [0.5, 0.6) is 0 Å². The first kappa shape index (κ1) is 19.9. The van der Waals surface area contributed by atoms with Crippen LogP contribution in [0.2, 0.25) is 0 Å².